The second-order valence-corrected chi connectivity index (χ2v) is 9.39. The second-order valence-electron chi connectivity index (χ2n) is 5.91. The molecule has 23 heavy (non-hydrogen) atoms. The Kier molecular flexibility index (Phi) is 11.3. The first-order valence-electron chi connectivity index (χ1n) is 7.66. The molecule has 0 saturated heterocycles. The molecule has 0 amide bonds. The fraction of sp³-hybridized carbons (Fsp3) is 0.733. The molecule has 0 saturated carbocycles. The fourth-order valence-electron chi connectivity index (χ4n) is 2.08. The molecular weight excluding hydrogens is 339 g/mol. The van der Waals surface area contributed by atoms with E-state index >= 15 is 0 Å². The maximum atomic E-state index is 12.0. The summed E-state index contributed by atoms with van der Waals surface area (Å²) >= 11 is 1.37. The van der Waals surface area contributed by atoms with Gasteiger partial charge in [0.1, 0.15) is 0 Å². The first-order valence-corrected chi connectivity index (χ1v) is 10.8. The largest absolute Gasteiger partial charge is 0.481 e. The number of unbranched alkanes of at least 4 members (excludes halogenated alkanes) is 3. The summed E-state index contributed by atoms with van der Waals surface area (Å²) in [6.07, 6.45) is 4.46. The third-order valence-electron chi connectivity index (χ3n) is 2.95. The van der Waals surface area contributed by atoms with Gasteiger partial charge in [-0.1, -0.05) is 26.3 Å². The van der Waals surface area contributed by atoms with Gasteiger partial charge in [0.05, 0.1) is 11.9 Å². The lowest BCUT2D eigenvalue weighted by atomic mass is 10.1. The van der Waals surface area contributed by atoms with Crippen molar-refractivity contribution >= 4 is 31.1 Å². The standard InChI is InChI=1S/C15H27O6PS/c1-12(2)9-22(20,21)10-13(15(18)19)7-5-3-4-6-8-23-11-14(16)17/h7,12H,3-6,8-11H2,1-2H3,(H,16,17)(H,18,19)(H,20,21). The Morgan fingerprint density at radius 1 is 1.17 bits per heavy atom. The van der Waals surface area contributed by atoms with Crippen molar-refractivity contribution in [1.82, 2.24) is 0 Å². The predicted octanol–water partition coefficient (Wildman–Crippen LogP) is 3.30. The molecule has 0 radical (unpaired) electrons. The minimum Gasteiger partial charge on any atom is -0.481 e. The van der Waals surface area contributed by atoms with E-state index in [0.29, 0.717) is 6.42 Å². The van der Waals surface area contributed by atoms with Gasteiger partial charge in [0.15, 0.2) is 0 Å². The van der Waals surface area contributed by atoms with Crippen LogP contribution >= 0.6 is 19.1 Å². The van der Waals surface area contributed by atoms with Crippen LogP contribution < -0.4 is 0 Å². The quantitative estimate of drug-likeness (QED) is 0.260. The monoisotopic (exact) mass is 366 g/mol. The summed E-state index contributed by atoms with van der Waals surface area (Å²) in [6, 6.07) is 0. The number of hydrogen-bond donors (Lipinski definition) is 3. The molecule has 0 aliphatic carbocycles. The van der Waals surface area contributed by atoms with E-state index in [1.165, 1.54) is 17.8 Å². The van der Waals surface area contributed by atoms with Gasteiger partial charge in [-0.25, -0.2) is 4.79 Å². The average molecular weight is 366 g/mol. The fourth-order valence-corrected chi connectivity index (χ4v) is 4.88. The SMILES string of the molecule is CC(C)CP(=O)(O)CC(=CCCCCCSCC(=O)O)C(=O)O. The summed E-state index contributed by atoms with van der Waals surface area (Å²) in [5.74, 6) is -1.05. The Bertz CT molecular complexity index is 461. The molecule has 0 fully saturated rings. The third-order valence-corrected chi connectivity index (χ3v) is 6.12. The molecule has 3 N–H and O–H groups in total. The van der Waals surface area contributed by atoms with Crippen LogP contribution in [0.4, 0.5) is 0 Å². The van der Waals surface area contributed by atoms with Gasteiger partial charge in [-0.2, -0.15) is 11.8 Å². The molecule has 0 aromatic heterocycles. The summed E-state index contributed by atoms with van der Waals surface area (Å²) in [4.78, 5) is 31.3. The summed E-state index contributed by atoms with van der Waals surface area (Å²) in [5.41, 5.74) is 0.0109. The Morgan fingerprint density at radius 2 is 1.83 bits per heavy atom. The summed E-state index contributed by atoms with van der Waals surface area (Å²) in [7, 11) is -3.45. The maximum absolute atomic E-state index is 12.0. The van der Waals surface area contributed by atoms with E-state index in [1.54, 1.807) is 0 Å². The Morgan fingerprint density at radius 3 is 2.35 bits per heavy atom. The molecule has 6 nitrogen and oxygen atoms in total. The first-order chi connectivity index (χ1) is 10.6. The highest BCUT2D eigenvalue weighted by molar-refractivity contribution is 7.99. The Hall–Kier alpha value is -0.780. The highest BCUT2D eigenvalue weighted by Gasteiger charge is 2.24. The summed E-state index contributed by atoms with van der Waals surface area (Å²) < 4.78 is 12.0. The van der Waals surface area contributed by atoms with E-state index in [-0.39, 0.29) is 29.6 Å². The van der Waals surface area contributed by atoms with Gasteiger partial charge in [-0.15, -0.1) is 0 Å². The third kappa shape index (κ3) is 13.4. The van der Waals surface area contributed by atoms with Crippen LogP contribution in [0.5, 0.6) is 0 Å². The molecule has 0 aliphatic heterocycles. The summed E-state index contributed by atoms with van der Waals surface area (Å²) in [5, 5.41) is 17.6. The van der Waals surface area contributed by atoms with Crippen molar-refractivity contribution in [2.75, 3.05) is 23.8 Å². The molecule has 134 valence electrons. The molecular formula is C15H27O6PS. The number of rotatable bonds is 13. The van der Waals surface area contributed by atoms with E-state index < -0.39 is 19.3 Å². The van der Waals surface area contributed by atoms with Crippen LogP contribution in [0.25, 0.3) is 0 Å². The van der Waals surface area contributed by atoms with Crippen molar-refractivity contribution in [1.29, 1.82) is 0 Å². The lowest BCUT2D eigenvalue weighted by molar-refractivity contribution is -0.134. The Labute approximate surface area is 141 Å². The lowest BCUT2D eigenvalue weighted by Gasteiger charge is -2.14. The van der Waals surface area contributed by atoms with Crippen molar-refractivity contribution in [3.05, 3.63) is 11.6 Å². The number of thioether (sulfide) groups is 1. The number of allylic oxidation sites excluding steroid dienone is 1. The van der Waals surface area contributed by atoms with Crippen LogP contribution in [0, 0.1) is 5.92 Å². The van der Waals surface area contributed by atoms with E-state index in [1.807, 2.05) is 13.8 Å². The van der Waals surface area contributed by atoms with Crippen LogP contribution in [0.3, 0.4) is 0 Å². The maximum Gasteiger partial charge on any atom is 0.331 e. The zero-order chi connectivity index (χ0) is 17.9. The van der Waals surface area contributed by atoms with Crippen LogP contribution in [0.1, 0.15) is 39.5 Å². The van der Waals surface area contributed by atoms with Crippen LogP contribution in [0.15, 0.2) is 11.6 Å². The van der Waals surface area contributed by atoms with Gasteiger partial charge in [-0.3, -0.25) is 9.36 Å². The van der Waals surface area contributed by atoms with Crippen LogP contribution in [-0.2, 0) is 14.2 Å². The lowest BCUT2D eigenvalue weighted by Crippen LogP contribution is -2.09. The van der Waals surface area contributed by atoms with E-state index in [9.17, 15) is 19.0 Å². The molecule has 0 aromatic rings. The van der Waals surface area contributed by atoms with Crippen molar-refractivity contribution in [2.24, 2.45) is 5.92 Å². The number of hydrogen-bond acceptors (Lipinski definition) is 4. The normalized spacial score (nSPS) is 14.7. The zero-order valence-electron chi connectivity index (χ0n) is 13.7. The van der Waals surface area contributed by atoms with Crippen molar-refractivity contribution in [3.8, 4) is 0 Å². The molecule has 0 heterocycles. The first kappa shape index (κ1) is 22.2. The van der Waals surface area contributed by atoms with Crippen LogP contribution in [0.2, 0.25) is 0 Å². The topological polar surface area (TPSA) is 112 Å². The highest BCUT2D eigenvalue weighted by Crippen LogP contribution is 2.44. The molecule has 0 spiro atoms. The van der Waals surface area contributed by atoms with Crippen molar-refractivity contribution in [3.63, 3.8) is 0 Å². The smallest absolute Gasteiger partial charge is 0.331 e. The molecule has 1 unspecified atom stereocenters. The van der Waals surface area contributed by atoms with Crippen molar-refractivity contribution in [2.45, 2.75) is 39.5 Å². The predicted molar refractivity (Wildman–Crippen MR) is 93.5 cm³/mol. The number of carboxylic acid groups (broad SMARTS) is 2. The molecule has 0 rings (SSSR count). The van der Waals surface area contributed by atoms with Gasteiger partial charge >= 0.3 is 11.9 Å². The van der Waals surface area contributed by atoms with Gasteiger partial charge in [0.25, 0.3) is 0 Å². The molecule has 8 heteroatoms. The number of carbonyl (C=O) groups is 2. The minimum absolute atomic E-state index is 0.0109. The van der Waals surface area contributed by atoms with Gasteiger partial charge in [0, 0.05) is 11.7 Å². The summed E-state index contributed by atoms with van der Waals surface area (Å²) in [6.45, 7) is 3.66. The zero-order valence-corrected chi connectivity index (χ0v) is 15.4. The van der Waals surface area contributed by atoms with Gasteiger partial charge in [-0.05, 0) is 30.9 Å². The van der Waals surface area contributed by atoms with E-state index in [0.717, 1.165) is 25.0 Å². The minimum atomic E-state index is -3.45. The molecule has 0 aromatic carbocycles. The van der Waals surface area contributed by atoms with E-state index in [2.05, 4.69) is 0 Å². The van der Waals surface area contributed by atoms with Crippen molar-refractivity contribution < 1.29 is 29.3 Å². The van der Waals surface area contributed by atoms with Gasteiger partial charge in [0.2, 0.25) is 7.37 Å². The Balaban J connectivity index is 4.16. The average Bonchev–Trinajstić information content (AvgIpc) is 2.38. The number of carboxylic acids is 2. The van der Waals surface area contributed by atoms with E-state index in [4.69, 9.17) is 10.2 Å². The second kappa shape index (κ2) is 11.7. The number of aliphatic carboxylic acids is 2. The molecule has 0 aliphatic rings. The highest BCUT2D eigenvalue weighted by atomic mass is 32.2. The van der Waals surface area contributed by atoms with Crippen LogP contribution in [-0.4, -0.2) is 50.9 Å². The molecule has 0 bridgehead atoms. The van der Waals surface area contributed by atoms with Gasteiger partial charge < -0.3 is 15.1 Å². The molecule has 1 atom stereocenters.